The van der Waals surface area contributed by atoms with Crippen LogP contribution in [0.15, 0.2) is 48.8 Å². The highest BCUT2D eigenvalue weighted by molar-refractivity contribution is 5.64. The van der Waals surface area contributed by atoms with E-state index in [9.17, 15) is 0 Å². The summed E-state index contributed by atoms with van der Waals surface area (Å²) in [6.45, 7) is 3.79. The van der Waals surface area contributed by atoms with E-state index in [0.29, 0.717) is 0 Å². The van der Waals surface area contributed by atoms with Crippen molar-refractivity contribution in [2.75, 3.05) is 20.8 Å². The molecular weight excluding hydrogens is 340 g/mol. The van der Waals surface area contributed by atoms with Crippen LogP contribution in [0.4, 0.5) is 0 Å². The van der Waals surface area contributed by atoms with E-state index >= 15 is 0 Å². The summed E-state index contributed by atoms with van der Waals surface area (Å²) in [4.78, 5) is 6.68. The number of hydrogen-bond donors (Lipinski definition) is 0. The largest absolute Gasteiger partial charge is 0.493 e. The lowest BCUT2D eigenvalue weighted by molar-refractivity contribution is 0.261. The van der Waals surface area contributed by atoms with Crippen LogP contribution in [0, 0.1) is 0 Å². The summed E-state index contributed by atoms with van der Waals surface area (Å²) in [5, 5.41) is 4.83. The highest BCUT2D eigenvalue weighted by atomic mass is 16.5. The maximum Gasteiger partial charge on any atom is 0.161 e. The van der Waals surface area contributed by atoms with Crippen molar-refractivity contribution < 1.29 is 9.47 Å². The quantitative estimate of drug-likeness (QED) is 0.695. The Morgan fingerprint density at radius 1 is 1.04 bits per heavy atom. The number of fused-ring (bicyclic) bond motifs is 1. The van der Waals surface area contributed by atoms with Gasteiger partial charge >= 0.3 is 0 Å². The molecule has 6 nitrogen and oxygen atoms in total. The van der Waals surface area contributed by atoms with E-state index in [1.54, 1.807) is 14.2 Å². The lowest BCUT2D eigenvalue weighted by atomic mass is 10.1. The van der Waals surface area contributed by atoms with Gasteiger partial charge in [-0.1, -0.05) is 6.07 Å². The monoisotopic (exact) mass is 364 g/mol. The van der Waals surface area contributed by atoms with Gasteiger partial charge in [0.25, 0.3) is 0 Å². The van der Waals surface area contributed by atoms with Gasteiger partial charge in [0.1, 0.15) is 0 Å². The van der Waals surface area contributed by atoms with Crippen molar-refractivity contribution in [1.82, 2.24) is 19.7 Å². The van der Waals surface area contributed by atoms with Gasteiger partial charge in [-0.3, -0.25) is 14.6 Å². The second-order valence-electron chi connectivity index (χ2n) is 6.74. The zero-order valence-corrected chi connectivity index (χ0v) is 15.8. The minimum absolute atomic E-state index is 0.719. The van der Waals surface area contributed by atoms with Crippen molar-refractivity contribution in [3.63, 3.8) is 0 Å². The van der Waals surface area contributed by atoms with Crippen LogP contribution >= 0.6 is 0 Å². The third-order valence-corrected chi connectivity index (χ3v) is 4.90. The predicted molar refractivity (Wildman–Crippen MR) is 104 cm³/mol. The zero-order chi connectivity index (χ0) is 18.6. The molecule has 0 bridgehead atoms. The summed E-state index contributed by atoms with van der Waals surface area (Å²) in [5.41, 5.74) is 4.48. The van der Waals surface area contributed by atoms with E-state index in [1.807, 2.05) is 36.7 Å². The normalized spacial score (nSPS) is 14.4. The smallest absolute Gasteiger partial charge is 0.161 e. The molecule has 3 heterocycles. The van der Waals surface area contributed by atoms with Crippen molar-refractivity contribution in [3.05, 3.63) is 60.0 Å². The van der Waals surface area contributed by atoms with Crippen molar-refractivity contribution in [2.24, 2.45) is 0 Å². The number of methoxy groups -OCH3 is 2. The van der Waals surface area contributed by atoms with Crippen molar-refractivity contribution in [3.8, 4) is 22.8 Å². The Kier molecular flexibility index (Phi) is 5.07. The first-order chi connectivity index (χ1) is 13.3. The Labute approximate surface area is 159 Å². The van der Waals surface area contributed by atoms with Gasteiger partial charge in [0, 0.05) is 44.1 Å². The van der Waals surface area contributed by atoms with Crippen LogP contribution in [0.3, 0.4) is 0 Å². The van der Waals surface area contributed by atoms with E-state index in [1.165, 1.54) is 11.3 Å². The number of ether oxygens (including phenoxy) is 2. The molecule has 1 aliphatic heterocycles. The Morgan fingerprint density at radius 2 is 1.93 bits per heavy atom. The number of benzene rings is 1. The summed E-state index contributed by atoms with van der Waals surface area (Å²) in [6.07, 6.45) is 4.84. The Hall–Kier alpha value is -2.86. The minimum Gasteiger partial charge on any atom is -0.493 e. The fourth-order valence-corrected chi connectivity index (χ4v) is 3.55. The summed E-state index contributed by atoms with van der Waals surface area (Å²) >= 11 is 0. The molecule has 0 saturated carbocycles. The van der Waals surface area contributed by atoms with Gasteiger partial charge in [0.15, 0.2) is 11.5 Å². The van der Waals surface area contributed by atoms with E-state index in [0.717, 1.165) is 55.4 Å². The third-order valence-electron chi connectivity index (χ3n) is 4.90. The van der Waals surface area contributed by atoms with Crippen LogP contribution in [0.25, 0.3) is 11.3 Å². The lowest BCUT2D eigenvalue weighted by Gasteiger charge is -2.19. The first-order valence-corrected chi connectivity index (χ1v) is 9.17. The van der Waals surface area contributed by atoms with Crippen LogP contribution in [0.1, 0.15) is 17.7 Å². The first-order valence-electron chi connectivity index (χ1n) is 9.17. The van der Waals surface area contributed by atoms with Gasteiger partial charge in [-0.05, 0) is 42.3 Å². The van der Waals surface area contributed by atoms with E-state index in [4.69, 9.17) is 14.6 Å². The molecule has 2 aromatic heterocycles. The zero-order valence-electron chi connectivity index (χ0n) is 15.8. The number of pyridine rings is 1. The molecule has 3 aromatic rings. The van der Waals surface area contributed by atoms with Gasteiger partial charge in [-0.25, -0.2) is 0 Å². The summed E-state index contributed by atoms with van der Waals surface area (Å²) < 4.78 is 12.9. The van der Waals surface area contributed by atoms with Crippen molar-refractivity contribution in [2.45, 2.75) is 26.1 Å². The van der Waals surface area contributed by atoms with Crippen LogP contribution in [0.2, 0.25) is 0 Å². The van der Waals surface area contributed by atoms with Crippen LogP contribution in [-0.2, 0) is 19.6 Å². The predicted octanol–water partition coefficient (Wildman–Crippen LogP) is 3.37. The topological polar surface area (TPSA) is 52.4 Å². The summed E-state index contributed by atoms with van der Waals surface area (Å²) in [7, 11) is 3.30. The second kappa shape index (κ2) is 7.80. The maximum absolute atomic E-state index is 5.43. The van der Waals surface area contributed by atoms with Crippen LogP contribution < -0.4 is 9.47 Å². The molecule has 0 radical (unpaired) electrons. The van der Waals surface area contributed by atoms with Gasteiger partial charge < -0.3 is 9.47 Å². The second-order valence-corrected chi connectivity index (χ2v) is 6.74. The van der Waals surface area contributed by atoms with Gasteiger partial charge in [-0.2, -0.15) is 5.10 Å². The highest BCUT2D eigenvalue weighted by Gasteiger charge is 2.18. The van der Waals surface area contributed by atoms with E-state index < -0.39 is 0 Å². The molecule has 1 aromatic carbocycles. The Bertz CT molecular complexity index is 908. The average molecular weight is 364 g/mol. The number of hydrogen-bond acceptors (Lipinski definition) is 5. The molecule has 6 heteroatoms. The number of aromatic nitrogens is 3. The molecular formula is C21H24N4O2. The molecule has 0 amide bonds. The number of aryl methyl sites for hydroxylation is 1. The molecule has 0 spiro atoms. The molecule has 0 aliphatic carbocycles. The van der Waals surface area contributed by atoms with Crippen molar-refractivity contribution >= 4 is 0 Å². The fraction of sp³-hybridized carbons (Fsp3) is 0.333. The SMILES string of the molecule is COc1ccc(-c2cc3n(n2)CCCN(Cc2cccnc2)C3)cc1OC. The van der Waals surface area contributed by atoms with Crippen LogP contribution in [-0.4, -0.2) is 40.4 Å². The maximum atomic E-state index is 5.43. The number of nitrogens with zero attached hydrogens (tertiary/aromatic N) is 4. The van der Waals surface area contributed by atoms with Gasteiger partial charge in [0.05, 0.1) is 25.6 Å². The standard InChI is InChI=1S/C21H24N4O2/c1-26-20-7-6-17(11-21(20)27-2)19-12-18-15-24(9-4-10-25(18)23-19)14-16-5-3-8-22-13-16/h3,5-8,11-13H,4,9-10,14-15H2,1-2H3. The molecule has 0 unspecified atom stereocenters. The minimum atomic E-state index is 0.719. The molecule has 1 aliphatic rings. The number of rotatable bonds is 5. The molecule has 0 fully saturated rings. The Morgan fingerprint density at radius 3 is 2.70 bits per heavy atom. The molecule has 0 saturated heterocycles. The van der Waals surface area contributed by atoms with E-state index in [-0.39, 0.29) is 0 Å². The van der Waals surface area contributed by atoms with Gasteiger partial charge in [0.2, 0.25) is 0 Å². The van der Waals surface area contributed by atoms with Crippen LogP contribution in [0.5, 0.6) is 11.5 Å². The fourth-order valence-electron chi connectivity index (χ4n) is 3.55. The molecule has 27 heavy (non-hydrogen) atoms. The molecule has 140 valence electrons. The highest BCUT2D eigenvalue weighted by Crippen LogP contribution is 2.32. The molecule has 0 N–H and O–H groups in total. The molecule has 4 rings (SSSR count). The first kappa shape index (κ1) is 17.5. The summed E-state index contributed by atoms with van der Waals surface area (Å²) in [5.74, 6) is 1.45. The van der Waals surface area contributed by atoms with Crippen molar-refractivity contribution in [1.29, 1.82) is 0 Å². The average Bonchev–Trinajstić information content (AvgIpc) is 3.01. The van der Waals surface area contributed by atoms with Gasteiger partial charge in [-0.15, -0.1) is 0 Å². The molecule has 0 atom stereocenters. The third kappa shape index (κ3) is 3.80. The Balaban J connectivity index is 1.57. The summed E-state index contributed by atoms with van der Waals surface area (Å²) in [6, 6.07) is 12.2. The lowest BCUT2D eigenvalue weighted by Crippen LogP contribution is -2.22. The van der Waals surface area contributed by atoms with E-state index in [2.05, 4.69) is 26.7 Å².